The summed E-state index contributed by atoms with van der Waals surface area (Å²) in [6.45, 7) is 2.53. The molecule has 75 heteroatoms. The quantitative estimate of drug-likeness (QED) is 0.0155. The van der Waals surface area contributed by atoms with Crippen LogP contribution in [0.15, 0.2) is 0 Å². The van der Waals surface area contributed by atoms with Gasteiger partial charge in [0.2, 0.25) is 59.1 Å². The lowest BCUT2D eigenvalue weighted by Crippen LogP contribution is -2.71. The van der Waals surface area contributed by atoms with E-state index in [1.165, 1.54) is 48.5 Å². The molecule has 0 radical (unpaired) electrons. The maximum Gasteiger partial charge on any atom is 0.492 e. The maximum absolute atomic E-state index is 12.3. The second-order valence-electron chi connectivity index (χ2n) is 32.1. The van der Waals surface area contributed by atoms with Crippen molar-refractivity contribution in [3.8, 4) is 0 Å². The average Bonchev–Trinajstić information content (AvgIpc) is 0.783. The molecule has 0 aromatic rings. The highest BCUT2D eigenvalue weighted by molar-refractivity contribution is 8.01. The van der Waals surface area contributed by atoms with E-state index in [-0.39, 0.29) is 142 Å². The molecule has 144 heavy (non-hydrogen) atoms. The summed E-state index contributed by atoms with van der Waals surface area (Å²) in [5, 5.41) is 155. The van der Waals surface area contributed by atoms with E-state index in [0.717, 1.165) is 100.0 Å². The lowest BCUT2D eigenvalue weighted by molar-refractivity contribution is -0.809. The molecule has 0 aliphatic carbocycles. The zero-order valence-corrected chi connectivity index (χ0v) is 81.7. The smallest absolute Gasteiger partial charge is 0.480 e. The number of rotatable bonds is 54. The number of carboxylic acid groups (broad SMARTS) is 2. The highest BCUT2D eigenvalue weighted by Crippen LogP contribution is 2.33. The SMILES string of the molecule is C.CC(=O)C(N)CCC(=O)C[C@@H](CSCC(=O)N1CC([N+](=O)[O-])([N+](=O)[O-])C1)C(=O)NCC(=O)O.CC(=O)N[C@@H](CSCC(=O)N1CC([N+](=O)[O-])([N+](=O)[O-])C1)C(C)=O.CC(=O)N[C@@H](CSCC(=O)N1CC([N+](=O)[O-])([N+](=O)[O-])C1)C(C)=O.CC(=O)[C@@H](N)CSCC(=O)N1CC([N+](=O)[O-])([N+](=O)[O-])C1.CC(=O)[C@@H](N)CSCC(=O)N1CC([N+](=O)[O-])([N+](=O)[O-])C1.C[C@@H](CSCC(=O)N1CC([N+](=O)[O-])([N+](=O)[O-])C1)C(=O)NCC(=O)O. The van der Waals surface area contributed by atoms with Crippen molar-refractivity contribution < 1.29 is 156 Å². The summed E-state index contributed by atoms with van der Waals surface area (Å²) in [5.41, 5.74) is 2.57. The third-order valence-electron chi connectivity index (χ3n) is 20.9. The molecule has 6 saturated heterocycles. The fraction of sp³-hybridized carbons (Fsp3) is 0.739. The van der Waals surface area contributed by atoms with Crippen molar-refractivity contribution in [2.75, 3.05) is 161 Å². The molecule has 0 aromatic carbocycles. The van der Waals surface area contributed by atoms with Gasteiger partial charge in [-0.05, 0) is 41.0 Å². The molecule has 10 amide bonds. The summed E-state index contributed by atoms with van der Waals surface area (Å²) in [6, 6.07) is -3.60. The van der Waals surface area contributed by atoms with Crippen molar-refractivity contribution in [2.45, 2.75) is 146 Å². The van der Waals surface area contributed by atoms with Crippen LogP contribution in [-0.2, 0) is 86.3 Å². The molecule has 0 saturated carbocycles. The van der Waals surface area contributed by atoms with Gasteiger partial charge in [-0.2, -0.15) is 23.5 Å². The number of thioether (sulfide) groups is 6. The molecule has 6 heterocycles. The Morgan fingerprint density at radius 2 is 0.514 bits per heavy atom. The van der Waals surface area contributed by atoms with Crippen molar-refractivity contribution in [2.24, 2.45) is 29.0 Å². The number of likely N-dealkylation sites (tertiary alicyclic amines) is 6. The Bertz CT molecular complexity index is 4620. The third-order valence-corrected chi connectivity index (χ3v) is 27.3. The first-order valence-electron chi connectivity index (χ1n) is 40.7. The molecular weight excluding hydrogens is 2080 g/mol. The van der Waals surface area contributed by atoms with Crippen LogP contribution in [0.5, 0.6) is 0 Å². The Morgan fingerprint density at radius 1 is 0.312 bits per heavy atom. The van der Waals surface area contributed by atoms with E-state index in [2.05, 4.69) is 21.3 Å². The van der Waals surface area contributed by atoms with E-state index in [1.807, 2.05) is 0 Å². The van der Waals surface area contributed by atoms with Crippen LogP contribution in [-0.4, -0.2) is 429 Å². The van der Waals surface area contributed by atoms with E-state index < -0.39 is 286 Å². The first-order valence-corrected chi connectivity index (χ1v) is 47.6. The number of nitrogens with two attached hydrogens (primary N) is 3. The number of nitro groups is 12. The van der Waals surface area contributed by atoms with Crippen molar-refractivity contribution in [1.29, 1.82) is 0 Å². The van der Waals surface area contributed by atoms with Gasteiger partial charge in [-0.3, -0.25) is 208 Å². The van der Waals surface area contributed by atoms with E-state index in [4.69, 9.17) is 27.4 Å². The van der Waals surface area contributed by atoms with Gasteiger partial charge in [0, 0.05) is 67.1 Å². The number of nitrogens with zero attached hydrogens (tertiary/aromatic N) is 18. The molecule has 806 valence electrons. The Kier molecular flexibility index (Phi) is 53.3. The Hall–Kier alpha value is -13.6. The predicted octanol–water partition coefficient (Wildman–Crippen LogP) is -7.17. The standard InChI is InChI=1S/C17H25N5O10S.C11H16N4O8S.2C11H16N4O7S.2C9H14N4O6S.CH4/c1-10(23)13(18)3-2-12(24)4-11(16(28)19-5-15(26)27)6-33-7-14(25)20-8-17(9-20,21(29)30)22(31)32;1-7(10(19)12-2-9(17)18)3-24-4-8(16)13-5-11(6-13,14(20)21)15(22)23;2*1-7(16)9(12-8(2)17)3-23-4-10(18)13-5-11(6-13,14(19)20)15(21)22;2*1-6(14)7(10)2-20-3-8(15)11-4-9(5-11,12(16)17)13(18)19;/h11,13H,2-9,18H2,1H3,(H,19,28)(H,26,27);7H,2-6H2,1H3,(H,12,19)(H,17,18);2*9H,3-6H2,1-2H3,(H,12,17);2*7H,2-5,10H2,1H3;1H4/t11-,13?;7-;2*9-;2*7-;/m000000./s1. The third kappa shape index (κ3) is 38.3. The fourth-order valence-corrected chi connectivity index (χ4v) is 17.6. The summed E-state index contributed by atoms with van der Waals surface area (Å²) in [7, 11) is 0. The Balaban J connectivity index is 0.00000172. The van der Waals surface area contributed by atoms with Crippen LogP contribution in [0.2, 0.25) is 0 Å². The van der Waals surface area contributed by atoms with Gasteiger partial charge in [-0.1, -0.05) is 14.4 Å². The van der Waals surface area contributed by atoms with Crippen LogP contribution < -0.4 is 38.5 Å². The average molecular weight is 2180 g/mol. The largest absolute Gasteiger partial charge is 0.492 e. The van der Waals surface area contributed by atoms with Crippen molar-refractivity contribution >= 4 is 176 Å². The van der Waals surface area contributed by atoms with Crippen molar-refractivity contribution in [1.82, 2.24) is 50.7 Å². The van der Waals surface area contributed by atoms with Crippen LogP contribution in [0.4, 0.5) is 0 Å². The van der Waals surface area contributed by atoms with Crippen LogP contribution in [0.3, 0.4) is 0 Å². The van der Waals surface area contributed by atoms with Crippen LogP contribution in [0.1, 0.15) is 82.1 Å². The number of carboxylic acids is 2. The normalized spacial score (nSPS) is 16.9. The number of nitrogens with one attached hydrogen (secondary N) is 4. The first-order chi connectivity index (χ1) is 66.0. The molecule has 6 aliphatic rings. The summed E-state index contributed by atoms with van der Waals surface area (Å²) in [5.74, 6) is -9.96. The molecule has 6 fully saturated rings. The maximum atomic E-state index is 12.3. The fourth-order valence-electron chi connectivity index (χ4n) is 11.6. The minimum atomic E-state index is -2.42. The van der Waals surface area contributed by atoms with Crippen molar-refractivity contribution in [3.63, 3.8) is 0 Å². The second-order valence-corrected chi connectivity index (χ2v) is 38.2. The molecule has 0 aromatic heterocycles. The molecule has 6 aliphatic heterocycles. The number of carbonyl (C=O) groups is 18. The van der Waals surface area contributed by atoms with Gasteiger partial charge in [0.15, 0.2) is 90.1 Å². The summed E-state index contributed by atoms with van der Waals surface area (Å²) >= 11 is 6.38. The zero-order chi connectivity index (χ0) is 110. The van der Waals surface area contributed by atoms with E-state index in [0.29, 0.717) is 0 Å². The summed E-state index contributed by atoms with van der Waals surface area (Å²) < 4.78 is 0. The summed E-state index contributed by atoms with van der Waals surface area (Å²) in [6.07, 6.45) is -0.246. The van der Waals surface area contributed by atoms with Gasteiger partial charge in [0.25, 0.3) is 0 Å². The molecule has 6 rings (SSSR count). The van der Waals surface area contributed by atoms with Crippen LogP contribution >= 0.6 is 70.6 Å². The van der Waals surface area contributed by atoms with E-state index >= 15 is 0 Å². The molecule has 0 bridgehead atoms. The highest BCUT2D eigenvalue weighted by atomic mass is 32.2. The van der Waals surface area contributed by atoms with Gasteiger partial charge >= 0.3 is 45.9 Å². The van der Waals surface area contributed by atoms with Gasteiger partial charge in [-0.15, -0.1) is 47.0 Å². The number of Topliss-reactive ketones (excluding diaryl/α,β-unsaturated/α-hetero) is 6. The predicted molar refractivity (Wildman–Crippen MR) is 496 cm³/mol. The lowest BCUT2D eigenvalue weighted by Gasteiger charge is -2.36. The topological polar surface area (TPSA) is 1010 Å². The number of aliphatic carboxylic acids is 2. The summed E-state index contributed by atoms with van der Waals surface area (Å²) in [4.78, 5) is 328. The van der Waals surface area contributed by atoms with Gasteiger partial charge in [0.05, 0.1) is 70.6 Å². The van der Waals surface area contributed by atoms with E-state index in [1.54, 1.807) is 6.92 Å². The highest BCUT2D eigenvalue weighted by Gasteiger charge is 2.72. The monoisotopic (exact) mass is 2180 g/mol. The van der Waals surface area contributed by atoms with Gasteiger partial charge in [-0.25, -0.2) is 0 Å². The van der Waals surface area contributed by atoms with Crippen LogP contribution in [0, 0.1) is 133 Å². The molecular formula is C69H105N25O44S6. The molecule has 12 N–H and O–H groups in total. The molecule has 0 spiro atoms. The number of amides is 10. The molecule has 1 unspecified atom stereocenters. The number of ketones is 6. The minimum absolute atomic E-state index is 0. The lowest BCUT2D eigenvalue weighted by atomic mass is 9.98. The van der Waals surface area contributed by atoms with E-state index in [9.17, 15) is 208 Å². The van der Waals surface area contributed by atoms with Gasteiger partial charge in [0.1, 0.15) is 95.3 Å². The first kappa shape index (κ1) is 130. The molecule has 7 atom stereocenters. The van der Waals surface area contributed by atoms with Gasteiger partial charge < -0.3 is 78.1 Å². The number of carbonyl (C=O) groups excluding carboxylic acids is 16. The minimum Gasteiger partial charge on any atom is -0.480 e. The van der Waals surface area contributed by atoms with Crippen LogP contribution in [0.25, 0.3) is 0 Å². The number of hydrogen-bond acceptors (Lipinski definition) is 51. The van der Waals surface area contributed by atoms with Crippen molar-refractivity contribution in [3.05, 3.63) is 121 Å². The Labute approximate surface area is 835 Å². The number of hydrogen-bond donors (Lipinski definition) is 9. The zero-order valence-electron chi connectivity index (χ0n) is 76.8. The Morgan fingerprint density at radius 3 is 0.708 bits per heavy atom. The second kappa shape index (κ2) is 58.9. The molecule has 69 nitrogen and oxygen atoms in total.